The molecule has 2 nitrogen and oxygen atoms in total. The van der Waals surface area contributed by atoms with Crippen molar-refractivity contribution in [3.8, 4) is 21.3 Å². The Hall–Kier alpha value is -2.08. The molecule has 2 aromatic heterocycles. The van der Waals surface area contributed by atoms with Gasteiger partial charge < -0.3 is 9.47 Å². The third-order valence-corrected chi connectivity index (χ3v) is 8.12. The van der Waals surface area contributed by atoms with E-state index >= 15 is 0 Å². The molecule has 1 aliphatic carbocycles. The van der Waals surface area contributed by atoms with Crippen molar-refractivity contribution in [2.24, 2.45) is 0 Å². The van der Waals surface area contributed by atoms with Crippen molar-refractivity contribution < 1.29 is 9.47 Å². The lowest BCUT2D eigenvalue weighted by atomic mass is 9.68. The lowest BCUT2D eigenvalue weighted by molar-refractivity contribution is 0.171. The van der Waals surface area contributed by atoms with E-state index in [4.69, 9.17) is 9.47 Å². The summed E-state index contributed by atoms with van der Waals surface area (Å²) in [5.41, 5.74) is 4.87. The molecule has 3 heterocycles. The van der Waals surface area contributed by atoms with Crippen molar-refractivity contribution in [3.05, 3.63) is 92.1 Å². The Labute approximate surface area is 179 Å². The van der Waals surface area contributed by atoms with Gasteiger partial charge in [0.25, 0.3) is 0 Å². The van der Waals surface area contributed by atoms with Crippen molar-refractivity contribution in [3.63, 3.8) is 0 Å². The summed E-state index contributed by atoms with van der Waals surface area (Å²) in [6, 6.07) is 19.7. The fourth-order valence-corrected chi connectivity index (χ4v) is 6.83. The number of hydrogen-bond donors (Lipinski definition) is 0. The minimum absolute atomic E-state index is 0.332. The number of benzene rings is 2. The van der Waals surface area contributed by atoms with Crippen molar-refractivity contribution in [1.29, 1.82) is 0 Å². The largest absolute Gasteiger partial charge is 0.486 e. The van der Waals surface area contributed by atoms with Gasteiger partial charge in [0.1, 0.15) is 13.2 Å². The maximum absolute atomic E-state index is 5.94. The fourth-order valence-electron chi connectivity index (χ4n) is 4.47. The predicted molar refractivity (Wildman–Crippen MR) is 118 cm³/mol. The Morgan fingerprint density at radius 3 is 2.00 bits per heavy atom. The van der Waals surface area contributed by atoms with E-state index in [1.165, 1.54) is 32.0 Å². The van der Waals surface area contributed by atoms with E-state index < -0.39 is 0 Å². The maximum Gasteiger partial charge on any atom is 0.161 e. The molecule has 1 aliphatic heterocycles. The van der Waals surface area contributed by atoms with Gasteiger partial charge in [-0.3, -0.25) is 0 Å². The monoisotopic (exact) mass is 466 g/mol. The molecular weight excluding hydrogens is 452 g/mol. The molecule has 5 heteroatoms. The summed E-state index contributed by atoms with van der Waals surface area (Å²) < 4.78 is 12.8. The van der Waals surface area contributed by atoms with Crippen LogP contribution in [-0.2, 0) is 5.41 Å². The molecule has 0 fully saturated rings. The van der Waals surface area contributed by atoms with E-state index in [1.807, 2.05) is 22.7 Å². The van der Waals surface area contributed by atoms with Gasteiger partial charge in [-0.2, -0.15) is 0 Å². The highest BCUT2D eigenvalue weighted by molar-refractivity contribution is 9.10. The molecule has 0 atom stereocenters. The maximum atomic E-state index is 5.94. The minimum Gasteiger partial charge on any atom is -0.486 e. The second kappa shape index (κ2) is 6.21. The lowest BCUT2D eigenvalue weighted by Crippen LogP contribution is -2.28. The zero-order valence-corrected chi connectivity index (χ0v) is 18.0. The Bertz CT molecular complexity index is 1150. The van der Waals surface area contributed by atoms with Gasteiger partial charge in [0.05, 0.1) is 5.41 Å². The van der Waals surface area contributed by atoms with Gasteiger partial charge in [0.2, 0.25) is 0 Å². The first kappa shape index (κ1) is 16.8. The summed E-state index contributed by atoms with van der Waals surface area (Å²) in [6.45, 7) is 1.20. The molecule has 138 valence electrons. The number of rotatable bonds is 2. The van der Waals surface area contributed by atoms with Gasteiger partial charge >= 0.3 is 0 Å². The van der Waals surface area contributed by atoms with Crippen LogP contribution < -0.4 is 9.47 Å². The molecule has 0 unspecified atom stereocenters. The predicted octanol–water partition coefficient (Wildman–Crippen LogP) is 6.71. The Kier molecular flexibility index (Phi) is 3.73. The summed E-state index contributed by atoms with van der Waals surface area (Å²) in [5, 5.41) is 4.41. The highest BCUT2D eigenvalue weighted by Gasteiger charge is 2.48. The molecule has 2 aliphatic rings. The van der Waals surface area contributed by atoms with Crippen LogP contribution in [0.5, 0.6) is 11.5 Å². The first-order valence-corrected chi connectivity index (χ1v) is 11.7. The molecular formula is C23H15BrO2S2. The van der Waals surface area contributed by atoms with Crippen LogP contribution in [0.4, 0.5) is 0 Å². The Balaban J connectivity index is 1.70. The van der Waals surface area contributed by atoms with Crippen molar-refractivity contribution in [2.75, 3.05) is 13.2 Å². The van der Waals surface area contributed by atoms with E-state index in [0.717, 1.165) is 16.0 Å². The van der Waals surface area contributed by atoms with E-state index in [2.05, 4.69) is 81.3 Å². The van der Waals surface area contributed by atoms with Crippen LogP contribution in [0.15, 0.2) is 69.8 Å². The van der Waals surface area contributed by atoms with Crippen LogP contribution in [0.25, 0.3) is 9.75 Å². The summed E-state index contributed by atoms with van der Waals surface area (Å²) in [7, 11) is 0. The third kappa shape index (κ3) is 2.18. The number of ether oxygens (including phenoxy) is 2. The van der Waals surface area contributed by atoms with Gasteiger partial charge in [-0.05, 0) is 69.4 Å². The molecule has 0 radical (unpaired) electrons. The lowest BCUT2D eigenvalue weighted by Gasteiger charge is -2.33. The Morgan fingerprint density at radius 2 is 1.32 bits per heavy atom. The highest BCUT2D eigenvalue weighted by Crippen LogP contribution is 2.60. The molecule has 6 rings (SSSR count). The van der Waals surface area contributed by atoms with Crippen molar-refractivity contribution in [2.45, 2.75) is 5.41 Å². The number of halogens is 1. The summed E-state index contributed by atoms with van der Waals surface area (Å²) in [4.78, 5) is 2.76. The van der Waals surface area contributed by atoms with Crippen molar-refractivity contribution in [1.82, 2.24) is 0 Å². The van der Waals surface area contributed by atoms with Gasteiger partial charge in [0.15, 0.2) is 11.5 Å². The van der Waals surface area contributed by atoms with Crippen LogP contribution in [0.1, 0.15) is 22.3 Å². The average molecular weight is 467 g/mol. The molecule has 0 N–H and O–H groups in total. The summed E-state index contributed by atoms with van der Waals surface area (Å²) in [6.07, 6.45) is 0. The Morgan fingerprint density at radius 1 is 0.714 bits per heavy atom. The van der Waals surface area contributed by atoms with Crippen molar-refractivity contribution >= 4 is 38.6 Å². The highest BCUT2D eigenvalue weighted by atomic mass is 79.9. The zero-order valence-electron chi connectivity index (χ0n) is 14.8. The van der Waals surface area contributed by atoms with E-state index in [9.17, 15) is 0 Å². The topological polar surface area (TPSA) is 18.5 Å². The second-order valence-corrected chi connectivity index (χ2v) is 9.69. The average Bonchev–Trinajstić information content (AvgIpc) is 3.43. The van der Waals surface area contributed by atoms with Crippen LogP contribution in [-0.4, -0.2) is 13.2 Å². The molecule has 0 saturated carbocycles. The quantitative estimate of drug-likeness (QED) is 0.287. The number of fused-ring (bicyclic) bond motifs is 4. The summed E-state index contributed by atoms with van der Waals surface area (Å²) >= 11 is 7.25. The van der Waals surface area contributed by atoms with E-state index in [-0.39, 0.29) is 5.41 Å². The summed E-state index contributed by atoms with van der Waals surface area (Å²) in [5.74, 6) is 1.66. The number of thiophene rings is 2. The fraction of sp³-hybridized carbons (Fsp3) is 0.130. The van der Waals surface area contributed by atoms with Gasteiger partial charge in [-0.1, -0.05) is 34.1 Å². The first-order chi connectivity index (χ1) is 13.8. The van der Waals surface area contributed by atoms with Gasteiger partial charge in [-0.15, -0.1) is 22.7 Å². The van der Waals surface area contributed by atoms with Crippen LogP contribution >= 0.6 is 38.6 Å². The van der Waals surface area contributed by atoms with E-state index in [0.29, 0.717) is 13.2 Å². The molecule has 0 amide bonds. The van der Waals surface area contributed by atoms with Crippen LogP contribution in [0.2, 0.25) is 0 Å². The van der Waals surface area contributed by atoms with Gasteiger partial charge in [-0.25, -0.2) is 0 Å². The second-order valence-electron chi connectivity index (χ2n) is 6.94. The van der Waals surface area contributed by atoms with Crippen LogP contribution in [0.3, 0.4) is 0 Å². The number of hydrogen-bond acceptors (Lipinski definition) is 4. The molecule has 4 aromatic rings. The van der Waals surface area contributed by atoms with E-state index in [1.54, 1.807) is 0 Å². The standard InChI is InChI=1S/C23H15BrO2S2/c24-16-4-1-14(2-5-16)23(15-3-6-19-20(13-15)26-10-9-25-19)17-7-11-27-21(17)22-18(23)8-12-28-22/h1-8,11-13H,9-10H2. The minimum atomic E-state index is -0.332. The SMILES string of the molecule is Brc1ccc(C2(c3ccc4c(c3)OCCO4)c3ccsc3-c3sccc32)cc1. The molecule has 0 bridgehead atoms. The third-order valence-electron chi connectivity index (χ3n) is 5.60. The molecule has 0 saturated heterocycles. The molecule has 0 spiro atoms. The zero-order chi connectivity index (χ0) is 18.7. The van der Waals surface area contributed by atoms with Crippen LogP contribution in [0, 0.1) is 0 Å². The molecule has 28 heavy (non-hydrogen) atoms. The smallest absolute Gasteiger partial charge is 0.161 e. The first-order valence-electron chi connectivity index (χ1n) is 9.11. The molecule has 2 aromatic carbocycles. The van der Waals surface area contributed by atoms with Gasteiger partial charge in [0, 0.05) is 14.2 Å². The normalized spacial score (nSPS) is 15.9.